The molecular weight excluding hydrogens is 540 g/mol. The van der Waals surface area contributed by atoms with E-state index in [1.807, 2.05) is 60.7 Å². The van der Waals surface area contributed by atoms with E-state index >= 15 is 0 Å². The van der Waals surface area contributed by atoms with Gasteiger partial charge in [-0.05, 0) is 25.0 Å². The third kappa shape index (κ3) is 6.49. The molecule has 0 spiro atoms. The van der Waals surface area contributed by atoms with E-state index < -0.39 is 80.1 Å². The predicted molar refractivity (Wildman–Crippen MR) is 140 cm³/mol. The highest BCUT2D eigenvalue weighted by atomic mass is 16.9. The average molecular weight is 579 g/mol. The fourth-order valence-corrected chi connectivity index (χ4v) is 5.33. The molecule has 3 aliphatic heterocycles. The molecule has 3 saturated heterocycles. The molecule has 2 aromatic carbocycles. The molecule has 0 amide bonds. The van der Waals surface area contributed by atoms with E-state index in [1.165, 1.54) is 0 Å². The first-order valence-corrected chi connectivity index (χ1v) is 13.6. The zero-order valence-electron chi connectivity index (χ0n) is 22.9. The van der Waals surface area contributed by atoms with E-state index in [0.29, 0.717) is 0 Å². The molecule has 3 fully saturated rings. The number of benzene rings is 2. The average Bonchev–Trinajstić information content (AvgIpc) is 3.42. The summed E-state index contributed by atoms with van der Waals surface area (Å²) < 4.78 is 41.8. The Morgan fingerprint density at radius 3 is 2.00 bits per heavy atom. The van der Waals surface area contributed by atoms with Crippen molar-refractivity contribution in [3.05, 3.63) is 71.8 Å². The lowest BCUT2D eigenvalue weighted by molar-refractivity contribution is -0.399. The number of hydrogen-bond donors (Lipinski definition) is 5. The number of rotatable bonds is 11. The summed E-state index contributed by atoms with van der Waals surface area (Å²) in [5, 5.41) is 53.3. The van der Waals surface area contributed by atoms with Crippen LogP contribution < -0.4 is 0 Å². The molecule has 10 atom stereocenters. The quantitative estimate of drug-likeness (QED) is 0.230. The van der Waals surface area contributed by atoms with Crippen molar-refractivity contribution >= 4 is 0 Å². The lowest BCUT2D eigenvalue weighted by Crippen LogP contribution is -2.65. The van der Waals surface area contributed by atoms with Crippen molar-refractivity contribution in [3.8, 4) is 0 Å². The fraction of sp³-hybridized carbons (Fsp3) is 0.586. The number of aliphatic hydroxyl groups excluding tert-OH is 4. The van der Waals surface area contributed by atoms with Crippen LogP contribution in [-0.4, -0.2) is 106 Å². The summed E-state index contributed by atoms with van der Waals surface area (Å²) in [7, 11) is 0. The van der Waals surface area contributed by atoms with Crippen molar-refractivity contribution in [1.82, 2.24) is 0 Å². The standard InChI is InChI=1S/C29H38O12/c1-28(2)39-25-27(40-28)38-24(19(32)13-30)29(25,34)41-26-23(36-16-18-11-7-4-8-12-18)22(21(33)20(14-31)37-26)35-15-17-9-5-3-6-10-17/h3-12,19-27,30-34H,13-16H2,1-2H3/t19-,20?,21-,22+,23?,24-,25?,26+,27-,29+/m1/s1. The van der Waals surface area contributed by atoms with E-state index in [-0.39, 0.29) is 13.2 Å². The van der Waals surface area contributed by atoms with Crippen LogP contribution in [0.5, 0.6) is 0 Å². The van der Waals surface area contributed by atoms with Gasteiger partial charge >= 0.3 is 0 Å². The minimum atomic E-state index is -2.40. The molecule has 0 aromatic heterocycles. The molecule has 5 rings (SSSR count). The second kappa shape index (κ2) is 12.7. The summed E-state index contributed by atoms with van der Waals surface area (Å²) in [6, 6.07) is 18.6. The van der Waals surface area contributed by atoms with Gasteiger partial charge < -0.3 is 58.7 Å². The van der Waals surface area contributed by atoms with E-state index in [2.05, 4.69) is 0 Å². The lowest BCUT2D eigenvalue weighted by atomic mass is 9.97. The summed E-state index contributed by atoms with van der Waals surface area (Å²) in [4.78, 5) is 0. The number of ether oxygens (including phenoxy) is 7. The van der Waals surface area contributed by atoms with Crippen molar-refractivity contribution in [2.24, 2.45) is 0 Å². The Labute approximate surface area is 237 Å². The van der Waals surface area contributed by atoms with Crippen LogP contribution in [0.3, 0.4) is 0 Å². The van der Waals surface area contributed by atoms with Crippen LogP contribution in [0.2, 0.25) is 0 Å². The van der Waals surface area contributed by atoms with Gasteiger partial charge in [0.2, 0.25) is 5.79 Å². The summed E-state index contributed by atoms with van der Waals surface area (Å²) >= 11 is 0. The van der Waals surface area contributed by atoms with Gasteiger partial charge in [-0.25, -0.2) is 0 Å². The van der Waals surface area contributed by atoms with Gasteiger partial charge in [-0.2, -0.15) is 0 Å². The van der Waals surface area contributed by atoms with Crippen LogP contribution in [0.1, 0.15) is 25.0 Å². The van der Waals surface area contributed by atoms with Crippen molar-refractivity contribution < 1.29 is 58.7 Å². The maximum absolute atomic E-state index is 11.9. The van der Waals surface area contributed by atoms with Crippen molar-refractivity contribution in [1.29, 1.82) is 0 Å². The highest BCUT2D eigenvalue weighted by Crippen LogP contribution is 2.46. The monoisotopic (exact) mass is 578 g/mol. The second-order valence-corrected chi connectivity index (χ2v) is 10.8. The molecule has 226 valence electrons. The Kier molecular flexibility index (Phi) is 9.40. The molecule has 0 bridgehead atoms. The maximum Gasteiger partial charge on any atom is 0.229 e. The molecule has 0 aliphatic carbocycles. The molecular formula is C29H38O12. The number of fused-ring (bicyclic) bond motifs is 1. The Hall–Kier alpha value is -2.04. The number of hydrogen-bond acceptors (Lipinski definition) is 12. The van der Waals surface area contributed by atoms with Crippen LogP contribution >= 0.6 is 0 Å². The molecule has 5 N–H and O–H groups in total. The van der Waals surface area contributed by atoms with E-state index in [1.54, 1.807) is 13.8 Å². The van der Waals surface area contributed by atoms with Gasteiger partial charge in [-0.15, -0.1) is 0 Å². The molecule has 12 nitrogen and oxygen atoms in total. The summed E-state index contributed by atoms with van der Waals surface area (Å²) in [5.41, 5.74) is 1.65. The minimum absolute atomic E-state index is 0.0761. The van der Waals surface area contributed by atoms with Crippen molar-refractivity contribution in [3.63, 3.8) is 0 Å². The zero-order chi connectivity index (χ0) is 29.2. The van der Waals surface area contributed by atoms with Crippen molar-refractivity contribution in [2.45, 2.75) is 93.9 Å². The largest absolute Gasteiger partial charge is 0.394 e. The van der Waals surface area contributed by atoms with Gasteiger partial charge in [0.15, 0.2) is 24.5 Å². The van der Waals surface area contributed by atoms with Crippen LogP contribution in [0.25, 0.3) is 0 Å². The van der Waals surface area contributed by atoms with Gasteiger partial charge in [0.05, 0.1) is 26.4 Å². The van der Waals surface area contributed by atoms with Crippen molar-refractivity contribution in [2.75, 3.05) is 13.2 Å². The van der Waals surface area contributed by atoms with Gasteiger partial charge in [0.25, 0.3) is 0 Å². The third-order valence-electron chi connectivity index (χ3n) is 7.36. The minimum Gasteiger partial charge on any atom is -0.394 e. The topological polar surface area (TPSA) is 166 Å². The third-order valence-corrected chi connectivity index (χ3v) is 7.36. The number of aliphatic hydroxyl groups is 5. The molecule has 0 saturated carbocycles. The van der Waals surface area contributed by atoms with Gasteiger partial charge in [0.1, 0.15) is 36.6 Å². The predicted octanol–water partition coefficient (Wildman–Crippen LogP) is 0.170. The first-order valence-electron chi connectivity index (χ1n) is 13.6. The molecule has 41 heavy (non-hydrogen) atoms. The molecule has 2 aromatic rings. The molecule has 3 heterocycles. The first-order chi connectivity index (χ1) is 19.6. The Balaban J connectivity index is 1.46. The normalized spacial score (nSPS) is 37.1. The Morgan fingerprint density at radius 2 is 1.44 bits per heavy atom. The van der Waals surface area contributed by atoms with Crippen LogP contribution in [0.15, 0.2) is 60.7 Å². The lowest BCUT2D eigenvalue weighted by Gasteiger charge is -2.46. The first kappa shape index (κ1) is 30.4. The van der Waals surface area contributed by atoms with Crippen LogP contribution in [0, 0.1) is 0 Å². The smallest absolute Gasteiger partial charge is 0.229 e. The highest BCUT2D eigenvalue weighted by Gasteiger charge is 2.67. The van der Waals surface area contributed by atoms with Gasteiger partial charge in [0, 0.05) is 0 Å². The molecule has 0 radical (unpaired) electrons. The van der Waals surface area contributed by atoms with Crippen LogP contribution in [-0.2, 0) is 46.4 Å². The molecule has 12 heteroatoms. The summed E-state index contributed by atoms with van der Waals surface area (Å²) in [6.45, 7) is 2.09. The fourth-order valence-electron chi connectivity index (χ4n) is 5.33. The Morgan fingerprint density at radius 1 is 0.854 bits per heavy atom. The Bertz CT molecular complexity index is 1100. The maximum atomic E-state index is 11.9. The van der Waals surface area contributed by atoms with Crippen LogP contribution in [0.4, 0.5) is 0 Å². The highest BCUT2D eigenvalue weighted by molar-refractivity contribution is 5.15. The molecule has 3 unspecified atom stereocenters. The van der Waals surface area contributed by atoms with E-state index in [0.717, 1.165) is 11.1 Å². The van der Waals surface area contributed by atoms with E-state index in [4.69, 9.17) is 33.2 Å². The SMILES string of the molecule is CC1(C)OC2[C@H](O[C@H]([C@H](O)CO)[C@]2(O)O[C@@H]2OC(CO)[C@@H](O)[C@H](OCc3ccccc3)C2OCc2ccccc2)O1. The second-order valence-electron chi connectivity index (χ2n) is 10.8. The summed E-state index contributed by atoms with van der Waals surface area (Å²) in [5.74, 6) is -3.55. The molecule has 3 aliphatic rings. The van der Waals surface area contributed by atoms with Gasteiger partial charge in [-0.1, -0.05) is 60.7 Å². The van der Waals surface area contributed by atoms with Gasteiger partial charge in [-0.3, -0.25) is 0 Å². The summed E-state index contributed by atoms with van der Waals surface area (Å²) in [6.07, 6.45) is -11.6. The zero-order valence-corrected chi connectivity index (χ0v) is 22.9. The van der Waals surface area contributed by atoms with E-state index in [9.17, 15) is 25.5 Å².